The fourth-order valence-electron chi connectivity index (χ4n) is 2.94. The van der Waals surface area contributed by atoms with Crippen LogP contribution < -0.4 is 19.6 Å². The van der Waals surface area contributed by atoms with E-state index in [1.807, 2.05) is 54.6 Å². The van der Waals surface area contributed by atoms with Gasteiger partial charge in [0.25, 0.3) is 12.1 Å². The molecule has 0 atom stereocenters. The van der Waals surface area contributed by atoms with Crippen molar-refractivity contribution in [3.63, 3.8) is 0 Å². The lowest BCUT2D eigenvalue weighted by atomic mass is 10.2. The van der Waals surface area contributed by atoms with Crippen molar-refractivity contribution in [2.75, 3.05) is 23.1 Å². The summed E-state index contributed by atoms with van der Waals surface area (Å²) in [6.45, 7) is 0. The molecule has 2 aromatic carbocycles. The molecule has 4 rings (SSSR count). The lowest BCUT2D eigenvalue weighted by Gasteiger charge is -2.17. The lowest BCUT2D eigenvalue weighted by Crippen LogP contribution is -2.31. The second-order valence-electron chi connectivity index (χ2n) is 6.75. The highest BCUT2D eigenvalue weighted by atomic mass is 32.2. The van der Waals surface area contributed by atoms with Crippen LogP contribution in [0.3, 0.4) is 0 Å². The first-order valence-corrected chi connectivity index (χ1v) is 10.6. The minimum Gasteiger partial charge on any atom is -0.497 e. The van der Waals surface area contributed by atoms with Crippen LogP contribution in [0, 0.1) is 0 Å². The van der Waals surface area contributed by atoms with E-state index in [0.29, 0.717) is 10.9 Å². The normalized spacial score (nSPS) is 14.6. The third-order valence-corrected chi connectivity index (χ3v) is 5.37. The number of rotatable bonds is 6. The highest BCUT2D eigenvalue weighted by molar-refractivity contribution is 8.14. The number of amidine groups is 1. The molecular formula is C22H20N5O4S+. The summed E-state index contributed by atoms with van der Waals surface area (Å²) in [4.78, 5) is 31.5. The maximum atomic E-state index is 13.2. The Kier molecular flexibility index (Phi) is 6.31. The van der Waals surface area contributed by atoms with Gasteiger partial charge in [-0.15, -0.1) is 0 Å². The number of thioether (sulfide) groups is 1. The quantitative estimate of drug-likeness (QED) is 0.458. The molecule has 10 heteroatoms. The largest absolute Gasteiger partial charge is 0.497 e. The van der Waals surface area contributed by atoms with Gasteiger partial charge in [-0.2, -0.15) is 0 Å². The summed E-state index contributed by atoms with van der Waals surface area (Å²) >= 11 is 1.16. The van der Waals surface area contributed by atoms with Gasteiger partial charge in [0.15, 0.2) is 17.5 Å². The van der Waals surface area contributed by atoms with E-state index in [9.17, 15) is 9.59 Å². The summed E-state index contributed by atoms with van der Waals surface area (Å²) in [6.07, 6.45) is 3.25. The molecular weight excluding hydrogens is 430 g/mol. The van der Waals surface area contributed by atoms with Crippen LogP contribution in [0.15, 0.2) is 76.0 Å². The lowest BCUT2D eigenvalue weighted by molar-refractivity contribution is -0.739. The summed E-state index contributed by atoms with van der Waals surface area (Å²) in [5.74, 6) is 0.430. The zero-order valence-corrected chi connectivity index (χ0v) is 18.2. The van der Waals surface area contributed by atoms with E-state index in [1.165, 1.54) is 9.58 Å². The molecule has 0 bridgehead atoms. The number of ether oxygens (including phenoxy) is 1. The van der Waals surface area contributed by atoms with E-state index < -0.39 is 0 Å². The number of anilines is 2. The zero-order chi connectivity index (χ0) is 22.5. The molecule has 1 N–H and O–H groups in total. The smallest absolute Gasteiger partial charge is 0.302 e. The number of para-hydroxylation sites is 1. The van der Waals surface area contributed by atoms with Crippen molar-refractivity contribution in [3.8, 4) is 5.75 Å². The van der Waals surface area contributed by atoms with Crippen molar-refractivity contribution in [1.29, 1.82) is 0 Å². The summed E-state index contributed by atoms with van der Waals surface area (Å²) < 4.78 is 11.6. The average molecular weight is 451 g/mol. The average Bonchev–Trinajstić information content (AvgIpc) is 3.35. The van der Waals surface area contributed by atoms with Crippen LogP contribution >= 0.6 is 11.8 Å². The number of nitrogens with one attached hydrogen (secondary N) is 1. The highest BCUT2D eigenvalue weighted by Gasteiger charge is 2.32. The SMILES string of the molecule is COc1ccc(/C=C2/N=C(SCC(=O)Nc3c[n+](C)no3)N(c3ccccc3)C2=O)cc1. The molecule has 2 heterocycles. The Morgan fingerprint density at radius 3 is 2.62 bits per heavy atom. The van der Waals surface area contributed by atoms with E-state index in [2.05, 4.69) is 15.6 Å². The Morgan fingerprint density at radius 1 is 1.22 bits per heavy atom. The zero-order valence-electron chi connectivity index (χ0n) is 17.4. The fourth-order valence-corrected chi connectivity index (χ4v) is 3.75. The number of carbonyl (C=O) groups is 2. The molecule has 0 radical (unpaired) electrons. The molecule has 1 aromatic heterocycles. The van der Waals surface area contributed by atoms with Crippen LogP contribution in [-0.4, -0.2) is 35.1 Å². The molecule has 0 aliphatic carbocycles. The van der Waals surface area contributed by atoms with Crippen LogP contribution in [0.5, 0.6) is 5.75 Å². The van der Waals surface area contributed by atoms with Crippen molar-refractivity contribution in [2.45, 2.75) is 0 Å². The number of hydrogen-bond donors (Lipinski definition) is 1. The summed E-state index contributed by atoms with van der Waals surface area (Å²) in [5.41, 5.74) is 1.77. The summed E-state index contributed by atoms with van der Waals surface area (Å²) in [7, 11) is 3.28. The van der Waals surface area contributed by atoms with Crippen LogP contribution in [0.25, 0.3) is 6.08 Å². The Morgan fingerprint density at radius 2 is 1.97 bits per heavy atom. The molecule has 3 aromatic rings. The van der Waals surface area contributed by atoms with Crippen molar-refractivity contribution in [3.05, 3.63) is 72.1 Å². The van der Waals surface area contributed by atoms with Gasteiger partial charge in [-0.1, -0.05) is 46.8 Å². The maximum absolute atomic E-state index is 13.2. The van der Waals surface area contributed by atoms with Gasteiger partial charge in [0.05, 0.1) is 18.6 Å². The Balaban J connectivity index is 1.55. The number of amides is 2. The second-order valence-corrected chi connectivity index (χ2v) is 7.69. The standard InChI is InChI=1S/C22H19N5O4S/c1-26-13-20(31-25-26)24-19(28)14-32-22-23-18(12-15-8-10-17(30-2)11-9-15)21(29)27(22)16-6-4-3-5-7-16/h3-13H,14H2,1-2H3/p+1/b18-12+. The molecule has 1 aliphatic heterocycles. The van der Waals surface area contributed by atoms with E-state index in [0.717, 1.165) is 23.1 Å². The molecule has 0 unspecified atom stereocenters. The molecule has 9 nitrogen and oxygen atoms in total. The van der Waals surface area contributed by atoms with Gasteiger partial charge in [-0.25, -0.2) is 4.99 Å². The van der Waals surface area contributed by atoms with Gasteiger partial charge in [-0.3, -0.25) is 24.3 Å². The van der Waals surface area contributed by atoms with Crippen LogP contribution in [0.1, 0.15) is 5.56 Å². The van der Waals surface area contributed by atoms with Crippen LogP contribution in [-0.2, 0) is 16.6 Å². The topological polar surface area (TPSA) is 101 Å². The molecule has 0 spiro atoms. The third-order valence-electron chi connectivity index (χ3n) is 4.43. The van der Waals surface area contributed by atoms with E-state index in [-0.39, 0.29) is 29.1 Å². The number of nitrogens with zero attached hydrogens (tertiary/aromatic N) is 4. The van der Waals surface area contributed by atoms with E-state index >= 15 is 0 Å². The number of methoxy groups -OCH3 is 1. The number of aryl methyl sites for hydroxylation is 1. The Bertz CT molecular complexity index is 1190. The maximum Gasteiger partial charge on any atom is 0.302 e. The predicted molar refractivity (Wildman–Crippen MR) is 121 cm³/mol. The van der Waals surface area contributed by atoms with Crippen molar-refractivity contribution >= 4 is 46.4 Å². The summed E-state index contributed by atoms with van der Waals surface area (Å²) in [6, 6.07) is 16.5. The van der Waals surface area contributed by atoms with Gasteiger partial charge in [-0.05, 0) is 35.9 Å². The van der Waals surface area contributed by atoms with E-state index in [4.69, 9.17) is 9.26 Å². The van der Waals surface area contributed by atoms with Gasteiger partial charge in [0.1, 0.15) is 11.4 Å². The molecule has 2 amide bonds. The molecule has 0 saturated heterocycles. The number of aromatic nitrogens is 2. The number of aliphatic imine (C=N–C) groups is 1. The molecule has 32 heavy (non-hydrogen) atoms. The molecule has 162 valence electrons. The molecule has 0 saturated carbocycles. The van der Waals surface area contributed by atoms with Crippen molar-refractivity contribution in [2.24, 2.45) is 12.0 Å². The van der Waals surface area contributed by atoms with Crippen LogP contribution in [0.4, 0.5) is 11.6 Å². The summed E-state index contributed by atoms with van der Waals surface area (Å²) in [5, 5.41) is 6.69. The van der Waals surface area contributed by atoms with Gasteiger partial charge in [0, 0.05) is 0 Å². The Labute approximate surface area is 188 Å². The van der Waals surface area contributed by atoms with Gasteiger partial charge >= 0.3 is 5.88 Å². The van der Waals surface area contributed by atoms with Crippen molar-refractivity contribution in [1.82, 2.24) is 5.27 Å². The third kappa shape index (κ3) is 4.86. The minimum absolute atomic E-state index is 0.0374. The first-order chi connectivity index (χ1) is 15.5. The van der Waals surface area contributed by atoms with Gasteiger partial charge < -0.3 is 4.74 Å². The second kappa shape index (κ2) is 9.48. The van der Waals surface area contributed by atoms with Crippen molar-refractivity contribution < 1.29 is 23.5 Å². The van der Waals surface area contributed by atoms with E-state index in [1.54, 1.807) is 26.4 Å². The highest BCUT2D eigenvalue weighted by Crippen LogP contribution is 2.29. The number of carbonyl (C=O) groups excluding carboxylic acids is 2. The minimum atomic E-state index is -0.303. The molecule has 0 fully saturated rings. The number of hydrogen-bond acceptors (Lipinski definition) is 7. The molecule has 1 aliphatic rings. The monoisotopic (exact) mass is 450 g/mol. The van der Waals surface area contributed by atoms with Crippen LogP contribution in [0.2, 0.25) is 0 Å². The first-order valence-electron chi connectivity index (χ1n) is 9.63. The first kappa shape index (κ1) is 21.3. The van der Waals surface area contributed by atoms with Gasteiger partial charge in [0.2, 0.25) is 5.91 Å². The Hall–Kier alpha value is -3.92. The number of benzene rings is 2. The fraction of sp³-hybridized carbons (Fsp3) is 0.136. The predicted octanol–water partition coefficient (Wildman–Crippen LogP) is 2.62.